The molecule has 0 radical (unpaired) electrons. The van der Waals surface area contributed by atoms with Gasteiger partial charge in [-0.15, -0.1) is 10.2 Å². The number of hydrogen-bond acceptors (Lipinski definition) is 7. The Hall–Kier alpha value is -3.73. The van der Waals surface area contributed by atoms with Gasteiger partial charge in [0.25, 0.3) is 11.8 Å². The molecule has 8 nitrogen and oxygen atoms in total. The lowest BCUT2D eigenvalue weighted by atomic mass is 10.1. The number of hydrazone groups is 1. The number of carbonyl (C=O) groups is 1. The molecule has 0 bridgehead atoms. The summed E-state index contributed by atoms with van der Waals surface area (Å²) < 4.78 is 49.9. The van der Waals surface area contributed by atoms with Crippen LogP contribution < -0.4 is 4.90 Å². The lowest BCUT2D eigenvalue weighted by Crippen LogP contribution is -2.37. The van der Waals surface area contributed by atoms with E-state index >= 15 is 0 Å². The minimum Gasteiger partial charge on any atom is -0.415 e. The van der Waals surface area contributed by atoms with Gasteiger partial charge in [-0.25, -0.2) is 9.40 Å². The summed E-state index contributed by atoms with van der Waals surface area (Å²) in [5.41, 5.74) is 1.49. The molecule has 0 saturated carbocycles. The number of carbonyl (C=O) groups excluding carboxylic acids is 1. The molecule has 1 aliphatic heterocycles. The number of ether oxygens (including phenoxy) is 1. The van der Waals surface area contributed by atoms with Gasteiger partial charge in [-0.2, -0.15) is 13.9 Å². The van der Waals surface area contributed by atoms with Gasteiger partial charge in [0.15, 0.2) is 0 Å². The molecule has 1 amide bonds. The van der Waals surface area contributed by atoms with E-state index in [0.29, 0.717) is 31.9 Å². The maximum absolute atomic E-state index is 14.5. The number of alkyl halides is 2. The van der Waals surface area contributed by atoms with E-state index in [1.165, 1.54) is 25.4 Å². The first kappa shape index (κ1) is 22.5. The quantitative estimate of drug-likeness (QED) is 0.412. The molecule has 0 atom stereocenters. The lowest BCUT2D eigenvalue weighted by molar-refractivity contribution is 0.0799. The zero-order chi connectivity index (χ0) is 23.4. The van der Waals surface area contributed by atoms with E-state index in [9.17, 15) is 18.0 Å². The third-order valence-electron chi connectivity index (χ3n) is 5.02. The van der Waals surface area contributed by atoms with Crippen LogP contribution in [0.1, 0.15) is 28.2 Å². The van der Waals surface area contributed by atoms with Crippen molar-refractivity contribution in [3.63, 3.8) is 0 Å². The maximum Gasteiger partial charge on any atom is 0.314 e. The number of anilines is 1. The number of amides is 1. The molecule has 2 heterocycles. The molecular weight excluding hydrogens is 439 g/mol. The van der Waals surface area contributed by atoms with Crippen LogP contribution in [0.2, 0.25) is 0 Å². The highest BCUT2D eigenvalue weighted by Crippen LogP contribution is 2.25. The molecule has 0 aliphatic carbocycles. The molecule has 1 aromatic heterocycles. The van der Waals surface area contributed by atoms with Crippen LogP contribution in [-0.2, 0) is 4.74 Å². The van der Waals surface area contributed by atoms with Crippen LogP contribution in [0.25, 0.3) is 11.5 Å². The summed E-state index contributed by atoms with van der Waals surface area (Å²) in [6.07, 6.45) is -1.71. The molecule has 3 aromatic rings. The Labute approximate surface area is 187 Å². The Morgan fingerprint density at radius 3 is 2.64 bits per heavy atom. The molecule has 11 heteroatoms. The van der Waals surface area contributed by atoms with Crippen molar-refractivity contribution in [3.8, 4) is 11.5 Å². The zero-order valence-electron chi connectivity index (χ0n) is 17.6. The fourth-order valence-electron chi connectivity index (χ4n) is 3.31. The van der Waals surface area contributed by atoms with Crippen LogP contribution in [0.5, 0.6) is 0 Å². The van der Waals surface area contributed by atoms with Gasteiger partial charge in [0, 0.05) is 37.0 Å². The van der Waals surface area contributed by atoms with Gasteiger partial charge in [0.05, 0.1) is 25.0 Å². The van der Waals surface area contributed by atoms with Gasteiger partial charge in [0.1, 0.15) is 5.82 Å². The molecule has 1 saturated heterocycles. The van der Waals surface area contributed by atoms with E-state index < -0.39 is 18.1 Å². The van der Waals surface area contributed by atoms with Crippen molar-refractivity contribution in [1.29, 1.82) is 0 Å². The maximum atomic E-state index is 14.5. The summed E-state index contributed by atoms with van der Waals surface area (Å²) in [5.74, 6) is -2.10. The number of rotatable bonds is 6. The largest absolute Gasteiger partial charge is 0.415 e. The summed E-state index contributed by atoms with van der Waals surface area (Å²) in [6, 6.07) is 11.1. The average molecular weight is 459 g/mol. The molecule has 0 N–H and O–H groups in total. The highest BCUT2D eigenvalue weighted by molar-refractivity contribution is 6.00. The van der Waals surface area contributed by atoms with Gasteiger partial charge in [-0.1, -0.05) is 12.1 Å². The number of para-hydroxylation sites is 1. The predicted octanol–water partition coefficient (Wildman–Crippen LogP) is 3.76. The second-order valence-corrected chi connectivity index (χ2v) is 7.17. The van der Waals surface area contributed by atoms with Gasteiger partial charge in [0.2, 0.25) is 5.89 Å². The standard InChI is InChI=1S/C22H20F3N5O3/c1-29(22(31)16-4-2-3-5-18(16)30-8-10-32-11-9-30)26-13-15-7-6-14(12-17(15)23)20-27-28-21(33-20)19(24)25/h2-7,12-13,19H,8-11H2,1H3/b26-13+. The summed E-state index contributed by atoms with van der Waals surface area (Å²) >= 11 is 0. The van der Waals surface area contributed by atoms with E-state index in [4.69, 9.17) is 9.15 Å². The predicted molar refractivity (Wildman–Crippen MR) is 114 cm³/mol. The second kappa shape index (κ2) is 9.82. The van der Waals surface area contributed by atoms with Crippen LogP contribution in [0.3, 0.4) is 0 Å². The first-order valence-corrected chi connectivity index (χ1v) is 10.1. The monoisotopic (exact) mass is 459 g/mol. The first-order valence-electron chi connectivity index (χ1n) is 10.1. The van der Waals surface area contributed by atoms with E-state index in [2.05, 4.69) is 20.2 Å². The molecule has 1 aliphatic rings. The molecule has 33 heavy (non-hydrogen) atoms. The number of morpholine rings is 1. The summed E-state index contributed by atoms with van der Waals surface area (Å²) in [5, 5.41) is 11.9. The molecule has 2 aromatic carbocycles. The third kappa shape index (κ3) is 5.03. The molecule has 0 unspecified atom stereocenters. The van der Waals surface area contributed by atoms with Crippen LogP contribution in [-0.4, -0.2) is 60.7 Å². The third-order valence-corrected chi connectivity index (χ3v) is 5.02. The molecule has 172 valence electrons. The Bertz CT molecular complexity index is 1160. The van der Waals surface area contributed by atoms with E-state index in [0.717, 1.165) is 16.8 Å². The Morgan fingerprint density at radius 1 is 1.18 bits per heavy atom. The van der Waals surface area contributed by atoms with Crippen molar-refractivity contribution in [2.75, 3.05) is 38.3 Å². The summed E-state index contributed by atoms with van der Waals surface area (Å²) in [6.45, 7) is 2.51. The molecule has 1 fully saturated rings. The van der Waals surface area contributed by atoms with E-state index in [1.54, 1.807) is 12.1 Å². The van der Waals surface area contributed by atoms with Crippen molar-refractivity contribution in [2.45, 2.75) is 6.43 Å². The van der Waals surface area contributed by atoms with Crippen molar-refractivity contribution in [3.05, 3.63) is 65.3 Å². The fraction of sp³-hybridized carbons (Fsp3) is 0.273. The van der Waals surface area contributed by atoms with Crippen LogP contribution in [0.4, 0.5) is 18.9 Å². The Kier molecular flexibility index (Phi) is 6.68. The number of benzene rings is 2. The summed E-state index contributed by atoms with van der Waals surface area (Å²) in [7, 11) is 1.48. The van der Waals surface area contributed by atoms with Crippen LogP contribution in [0, 0.1) is 5.82 Å². The SMILES string of the molecule is CN(/N=C/c1ccc(-c2nnc(C(F)F)o2)cc1F)C(=O)c1ccccc1N1CCOCC1. The summed E-state index contributed by atoms with van der Waals surface area (Å²) in [4.78, 5) is 15.1. The number of nitrogens with zero attached hydrogens (tertiary/aromatic N) is 5. The fourth-order valence-corrected chi connectivity index (χ4v) is 3.31. The van der Waals surface area contributed by atoms with Gasteiger partial charge in [-0.05, 0) is 30.3 Å². The highest BCUT2D eigenvalue weighted by atomic mass is 19.3. The molecular formula is C22H20F3N5O3. The normalized spacial score (nSPS) is 14.3. The van der Waals surface area contributed by atoms with Gasteiger partial charge in [-0.3, -0.25) is 4.79 Å². The molecule has 4 rings (SSSR count). The van der Waals surface area contributed by atoms with Crippen molar-refractivity contribution in [2.24, 2.45) is 5.10 Å². The van der Waals surface area contributed by atoms with E-state index in [1.807, 2.05) is 12.1 Å². The smallest absolute Gasteiger partial charge is 0.314 e. The van der Waals surface area contributed by atoms with E-state index in [-0.39, 0.29) is 22.9 Å². The minimum atomic E-state index is -2.91. The topological polar surface area (TPSA) is 84.1 Å². The Balaban J connectivity index is 1.49. The van der Waals surface area contributed by atoms with Crippen molar-refractivity contribution >= 4 is 17.8 Å². The highest BCUT2D eigenvalue weighted by Gasteiger charge is 2.21. The number of halogens is 3. The van der Waals surface area contributed by atoms with Crippen LogP contribution in [0.15, 0.2) is 52.0 Å². The molecule has 0 spiro atoms. The van der Waals surface area contributed by atoms with Gasteiger partial charge < -0.3 is 14.1 Å². The number of hydrogen-bond donors (Lipinski definition) is 0. The average Bonchev–Trinajstić information content (AvgIpc) is 3.34. The van der Waals surface area contributed by atoms with Gasteiger partial charge >= 0.3 is 6.43 Å². The lowest BCUT2D eigenvalue weighted by Gasteiger charge is -2.30. The minimum absolute atomic E-state index is 0.0912. The Morgan fingerprint density at radius 2 is 1.94 bits per heavy atom. The number of aromatic nitrogens is 2. The van der Waals surface area contributed by atoms with Crippen molar-refractivity contribution in [1.82, 2.24) is 15.2 Å². The first-order chi connectivity index (χ1) is 15.9. The zero-order valence-corrected chi connectivity index (χ0v) is 17.6. The van der Waals surface area contributed by atoms with Crippen molar-refractivity contribution < 1.29 is 27.1 Å². The second-order valence-electron chi connectivity index (χ2n) is 7.17. The van der Waals surface area contributed by atoms with Crippen LogP contribution >= 0.6 is 0 Å².